The molecule has 0 aliphatic carbocycles. The third-order valence-corrected chi connectivity index (χ3v) is 6.46. The summed E-state index contributed by atoms with van der Waals surface area (Å²) in [7, 11) is 0. The zero-order chi connectivity index (χ0) is 22.5. The van der Waals surface area contributed by atoms with Crippen LogP contribution in [-0.4, -0.2) is 15.7 Å². The van der Waals surface area contributed by atoms with Crippen LogP contribution >= 0.6 is 46.6 Å². The molecule has 0 bridgehead atoms. The largest absolute Gasteiger partial charge is 0.470 e. The van der Waals surface area contributed by atoms with Crippen LogP contribution in [0.5, 0.6) is 5.75 Å². The van der Waals surface area contributed by atoms with Gasteiger partial charge in [0.05, 0.1) is 10.7 Å². The normalized spacial score (nSPS) is 10.7. The third-order valence-electron chi connectivity index (χ3n) is 4.32. The molecule has 5 nitrogen and oxygen atoms in total. The van der Waals surface area contributed by atoms with Crippen LogP contribution in [0, 0.1) is 0 Å². The first-order valence-corrected chi connectivity index (χ1v) is 11.4. The van der Waals surface area contributed by atoms with E-state index in [1.54, 1.807) is 30.5 Å². The summed E-state index contributed by atoms with van der Waals surface area (Å²) in [4.78, 5) is 14.7. The molecule has 0 radical (unpaired) electrons. The van der Waals surface area contributed by atoms with Crippen LogP contribution in [0.1, 0.15) is 10.5 Å². The number of carbonyl (C=O) groups is 1. The van der Waals surface area contributed by atoms with Crippen molar-refractivity contribution in [3.8, 4) is 5.75 Å². The molecule has 3 aromatic carbocycles. The fraction of sp³-hybridized carbons (Fsp3) is 0.0435. The van der Waals surface area contributed by atoms with Crippen LogP contribution in [0.15, 0.2) is 88.8 Å². The Morgan fingerprint density at radius 3 is 2.56 bits per heavy atom. The lowest BCUT2D eigenvalue weighted by molar-refractivity contribution is 0.102. The molecule has 162 valence electrons. The number of hydrogen-bond donors (Lipinski definition) is 1. The standard InChI is InChI=1S/C23H16Cl3N3O2S/c24-15-8-10-16(11-9-15)32-21-7-2-1-5-18(21)27-23(30)19-12-13-29(28-19)14-31-20-6-3-4-17(25)22(20)26/h1-13H,14H2,(H,27,30). The molecule has 0 unspecified atom stereocenters. The minimum absolute atomic E-state index is 0.0797. The maximum atomic E-state index is 12.8. The summed E-state index contributed by atoms with van der Waals surface area (Å²) in [5.74, 6) is 0.113. The number of ether oxygens (including phenoxy) is 1. The highest BCUT2D eigenvalue weighted by atomic mass is 35.5. The second kappa shape index (κ2) is 10.3. The van der Waals surface area contributed by atoms with E-state index in [1.807, 2.05) is 48.5 Å². The van der Waals surface area contributed by atoms with Gasteiger partial charge in [-0.25, -0.2) is 4.68 Å². The topological polar surface area (TPSA) is 56.2 Å². The van der Waals surface area contributed by atoms with Gasteiger partial charge in [0, 0.05) is 21.0 Å². The fourth-order valence-corrected chi connectivity index (χ4v) is 4.13. The summed E-state index contributed by atoms with van der Waals surface area (Å²) >= 11 is 19.6. The van der Waals surface area contributed by atoms with Crippen molar-refractivity contribution in [2.45, 2.75) is 16.5 Å². The number of nitrogens with zero attached hydrogens (tertiary/aromatic N) is 2. The van der Waals surface area contributed by atoms with E-state index in [-0.39, 0.29) is 18.3 Å². The van der Waals surface area contributed by atoms with Gasteiger partial charge < -0.3 is 10.1 Å². The predicted octanol–water partition coefficient (Wildman–Crippen LogP) is 7.28. The van der Waals surface area contributed by atoms with E-state index in [1.165, 1.54) is 16.4 Å². The maximum absolute atomic E-state index is 12.8. The number of halogens is 3. The number of para-hydroxylation sites is 1. The second-order valence-electron chi connectivity index (χ2n) is 6.57. The summed E-state index contributed by atoms with van der Waals surface area (Å²) in [5, 5.41) is 8.60. The Morgan fingerprint density at radius 1 is 0.969 bits per heavy atom. The molecule has 0 fully saturated rings. The van der Waals surface area contributed by atoms with Gasteiger partial charge in [0.2, 0.25) is 0 Å². The first-order chi connectivity index (χ1) is 15.5. The van der Waals surface area contributed by atoms with Gasteiger partial charge in [0.1, 0.15) is 10.8 Å². The zero-order valence-corrected chi connectivity index (χ0v) is 19.6. The molecule has 4 aromatic rings. The minimum Gasteiger partial charge on any atom is -0.470 e. The van der Waals surface area contributed by atoms with Gasteiger partial charge in [-0.05, 0) is 54.6 Å². The van der Waals surface area contributed by atoms with Crippen molar-refractivity contribution in [2.75, 3.05) is 5.32 Å². The molecular weight excluding hydrogens is 489 g/mol. The number of carbonyl (C=O) groups excluding carboxylic acids is 1. The van der Waals surface area contributed by atoms with E-state index < -0.39 is 0 Å². The first kappa shape index (κ1) is 22.6. The lowest BCUT2D eigenvalue weighted by atomic mass is 10.3. The van der Waals surface area contributed by atoms with Crippen molar-refractivity contribution >= 4 is 58.2 Å². The van der Waals surface area contributed by atoms with Crippen LogP contribution in [0.3, 0.4) is 0 Å². The SMILES string of the molecule is O=C(Nc1ccccc1Sc1ccc(Cl)cc1)c1ccn(COc2cccc(Cl)c2Cl)n1. The van der Waals surface area contributed by atoms with E-state index in [0.29, 0.717) is 26.5 Å². The Balaban J connectivity index is 1.42. The van der Waals surface area contributed by atoms with Gasteiger partial charge in [-0.1, -0.05) is 64.8 Å². The Morgan fingerprint density at radius 2 is 1.75 bits per heavy atom. The molecule has 32 heavy (non-hydrogen) atoms. The van der Waals surface area contributed by atoms with Crippen LogP contribution < -0.4 is 10.1 Å². The average Bonchev–Trinajstić information content (AvgIpc) is 3.27. The van der Waals surface area contributed by atoms with Gasteiger partial charge in [0.25, 0.3) is 5.91 Å². The van der Waals surface area contributed by atoms with E-state index in [4.69, 9.17) is 39.5 Å². The molecular formula is C23H16Cl3N3O2S. The number of amides is 1. The molecule has 1 amide bonds. The number of anilines is 1. The van der Waals surface area contributed by atoms with Crippen molar-refractivity contribution in [1.82, 2.24) is 9.78 Å². The monoisotopic (exact) mass is 503 g/mol. The third kappa shape index (κ3) is 5.58. The molecule has 0 saturated heterocycles. The Bertz CT molecular complexity index is 1250. The predicted molar refractivity (Wildman–Crippen MR) is 129 cm³/mol. The van der Waals surface area contributed by atoms with Crippen molar-refractivity contribution in [1.29, 1.82) is 0 Å². The van der Waals surface area contributed by atoms with Crippen molar-refractivity contribution in [3.63, 3.8) is 0 Å². The van der Waals surface area contributed by atoms with Gasteiger partial charge in [-0.2, -0.15) is 5.10 Å². The van der Waals surface area contributed by atoms with Gasteiger partial charge >= 0.3 is 0 Å². The average molecular weight is 505 g/mol. The number of benzene rings is 3. The van der Waals surface area contributed by atoms with E-state index >= 15 is 0 Å². The Kier molecular flexibility index (Phi) is 7.27. The summed E-state index contributed by atoms with van der Waals surface area (Å²) in [6.07, 6.45) is 1.65. The molecule has 9 heteroatoms. The number of hydrogen-bond acceptors (Lipinski definition) is 4. The number of aromatic nitrogens is 2. The quantitative estimate of drug-likeness (QED) is 0.287. The molecule has 0 atom stereocenters. The molecule has 0 saturated carbocycles. The van der Waals surface area contributed by atoms with Crippen LogP contribution in [0.4, 0.5) is 5.69 Å². The summed E-state index contributed by atoms with van der Waals surface area (Å²) in [5.41, 5.74) is 0.950. The highest BCUT2D eigenvalue weighted by Crippen LogP contribution is 2.34. The Labute approximate surface area is 204 Å². The molecule has 1 aromatic heterocycles. The van der Waals surface area contributed by atoms with E-state index in [0.717, 1.165) is 9.79 Å². The number of nitrogens with one attached hydrogen (secondary N) is 1. The molecule has 0 aliphatic heterocycles. The van der Waals surface area contributed by atoms with Crippen LogP contribution in [0.25, 0.3) is 0 Å². The van der Waals surface area contributed by atoms with Gasteiger partial charge in [-0.15, -0.1) is 0 Å². The lowest BCUT2D eigenvalue weighted by Gasteiger charge is -2.10. The van der Waals surface area contributed by atoms with Gasteiger partial charge in [-0.3, -0.25) is 4.79 Å². The Hall–Kier alpha value is -2.64. The van der Waals surface area contributed by atoms with Crippen LogP contribution in [0.2, 0.25) is 15.1 Å². The van der Waals surface area contributed by atoms with Crippen molar-refractivity contribution in [2.24, 2.45) is 0 Å². The maximum Gasteiger partial charge on any atom is 0.276 e. The molecule has 0 spiro atoms. The highest BCUT2D eigenvalue weighted by molar-refractivity contribution is 7.99. The fourth-order valence-electron chi connectivity index (χ4n) is 2.76. The smallest absolute Gasteiger partial charge is 0.276 e. The number of rotatable bonds is 7. The summed E-state index contributed by atoms with van der Waals surface area (Å²) in [6, 6.07) is 21.8. The molecule has 1 N–H and O–H groups in total. The minimum atomic E-state index is -0.325. The summed E-state index contributed by atoms with van der Waals surface area (Å²) in [6.45, 7) is 0.0797. The first-order valence-electron chi connectivity index (χ1n) is 9.43. The summed E-state index contributed by atoms with van der Waals surface area (Å²) < 4.78 is 7.15. The lowest BCUT2D eigenvalue weighted by Crippen LogP contribution is -2.14. The molecule has 0 aliphatic rings. The van der Waals surface area contributed by atoms with E-state index in [9.17, 15) is 4.79 Å². The highest BCUT2D eigenvalue weighted by Gasteiger charge is 2.13. The van der Waals surface area contributed by atoms with Crippen LogP contribution in [-0.2, 0) is 6.73 Å². The molecule has 4 rings (SSSR count). The van der Waals surface area contributed by atoms with Crippen molar-refractivity contribution in [3.05, 3.63) is 99.8 Å². The zero-order valence-electron chi connectivity index (χ0n) is 16.5. The molecule has 1 heterocycles. The van der Waals surface area contributed by atoms with E-state index in [2.05, 4.69) is 10.4 Å². The van der Waals surface area contributed by atoms with Gasteiger partial charge in [0.15, 0.2) is 12.4 Å². The van der Waals surface area contributed by atoms with Crippen molar-refractivity contribution < 1.29 is 9.53 Å². The second-order valence-corrected chi connectivity index (χ2v) is 8.91.